The van der Waals surface area contributed by atoms with Crippen LogP contribution < -0.4 is 5.32 Å². The largest absolute Gasteiger partial charge is 0.478 e. The third kappa shape index (κ3) is 7.57. The number of aliphatic imine (C=N–C) groups is 1. The molecule has 35 heavy (non-hydrogen) atoms. The van der Waals surface area contributed by atoms with Crippen LogP contribution >= 0.6 is 0 Å². The van der Waals surface area contributed by atoms with E-state index in [1.807, 2.05) is 64.2 Å². The number of aryl methyl sites for hydroxylation is 1. The molecular weight excluding hydrogens is 438 g/mol. The minimum Gasteiger partial charge on any atom is -0.478 e. The average molecular weight is 470 g/mol. The molecule has 1 heterocycles. The Kier molecular flexibility index (Phi) is 10.2. The highest BCUT2D eigenvalue weighted by molar-refractivity contribution is 6.19. The topological polar surface area (TPSA) is 111 Å². The SMILES string of the molecule is C/C=C(C)\C=C/c1nc(NC)nc(C)c1C.N=CN=C(c1ccccc1)c1ccccc1C(=O)O. The number of hydrogen-bond acceptors (Lipinski definition) is 5. The number of anilines is 1. The molecule has 1 aromatic heterocycles. The zero-order valence-electron chi connectivity index (χ0n) is 20.7. The summed E-state index contributed by atoms with van der Waals surface area (Å²) < 4.78 is 0. The van der Waals surface area contributed by atoms with E-state index >= 15 is 0 Å². The van der Waals surface area contributed by atoms with Crippen molar-refractivity contribution in [2.75, 3.05) is 12.4 Å². The van der Waals surface area contributed by atoms with Crippen molar-refractivity contribution in [2.45, 2.75) is 27.7 Å². The van der Waals surface area contributed by atoms with Crippen molar-refractivity contribution < 1.29 is 9.90 Å². The number of rotatable bonds is 7. The van der Waals surface area contributed by atoms with E-state index < -0.39 is 5.97 Å². The lowest BCUT2D eigenvalue weighted by atomic mass is 9.97. The number of carbonyl (C=O) groups is 1. The van der Waals surface area contributed by atoms with Gasteiger partial charge in [0.25, 0.3) is 0 Å². The van der Waals surface area contributed by atoms with E-state index in [4.69, 9.17) is 5.41 Å². The molecule has 0 atom stereocenters. The molecule has 0 aliphatic rings. The number of nitrogens with zero attached hydrogens (tertiary/aromatic N) is 3. The zero-order chi connectivity index (χ0) is 25.8. The van der Waals surface area contributed by atoms with E-state index in [0.717, 1.165) is 28.9 Å². The molecule has 2 aromatic carbocycles. The molecule has 0 radical (unpaired) electrons. The van der Waals surface area contributed by atoms with Crippen LogP contribution in [-0.2, 0) is 0 Å². The van der Waals surface area contributed by atoms with Gasteiger partial charge in [0.1, 0.15) is 6.34 Å². The van der Waals surface area contributed by atoms with Gasteiger partial charge in [-0.15, -0.1) is 0 Å². The van der Waals surface area contributed by atoms with Crippen LogP contribution in [0.2, 0.25) is 0 Å². The number of aromatic nitrogens is 2. The molecule has 0 spiro atoms. The monoisotopic (exact) mass is 469 g/mol. The maximum atomic E-state index is 11.2. The molecule has 0 unspecified atom stereocenters. The lowest BCUT2D eigenvalue weighted by Crippen LogP contribution is -2.10. The minimum absolute atomic E-state index is 0.173. The van der Waals surface area contributed by atoms with E-state index in [-0.39, 0.29) is 5.56 Å². The first-order chi connectivity index (χ1) is 16.8. The summed E-state index contributed by atoms with van der Waals surface area (Å²) in [5.74, 6) is -0.343. The predicted molar refractivity (Wildman–Crippen MR) is 144 cm³/mol. The number of hydrogen-bond donors (Lipinski definition) is 3. The molecule has 3 N–H and O–H groups in total. The number of benzene rings is 2. The van der Waals surface area contributed by atoms with Crippen LogP contribution in [0.3, 0.4) is 0 Å². The number of nitrogens with one attached hydrogen (secondary N) is 2. The number of carboxylic acids is 1. The Morgan fingerprint density at radius 2 is 1.66 bits per heavy atom. The third-order valence-corrected chi connectivity index (χ3v) is 5.26. The Balaban J connectivity index is 0.000000251. The van der Waals surface area contributed by atoms with Crippen LogP contribution in [0.5, 0.6) is 0 Å². The summed E-state index contributed by atoms with van der Waals surface area (Å²) >= 11 is 0. The van der Waals surface area contributed by atoms with Crippen LogP contribution in [-0.4, -0.2) is 40.1 Å². The molecule has 0 saturated carbocycles. The van der Waals surface area contributed by atoms with E-state index in [9.17, 15) is 9.90 Å². The summed E-state index contributed by atoms with van der Waals surface area (Å²) in [5, 5.41) is 19.3. The van der Waals surface area contributed by atoms with Gasteiger partial charge in [-0.3, -0.25) is 5.41 Å². The standard InChI is InChI=1S/C15H12N2O2.C13H19N3/c16-10-17-14(11-6-2-1-3-7-11)12-8-4-5-9-13(12)15(18)19;1-6-9(2)7-8-12-10(3)11(4)15-13(14-5)16-12/h1-10,16H,(H,18,19);6-8H,1-5H3,(H,14,15,16)/b;8-7-,9-6-. The van der Waals surface area contributed by atoms with E-state index in [0.29, 0.717) is 17.2 Å². The van der Waals surface area contributed by atoms with Crippen LogP contribution in [0.15, 0.2) is 77.3 Å². The lowest BCUT2D eigenvalue weighted by molar-refractivity contribution is 0.0696. The van der Waals surface area contributed by atoms with Crippen LogP contribution in [0, 0.1) is 19.3 Å². The minimum atomic E-state index is -1.01. The smallest absolute Gasteiger partial charge is 0.336 e. The van der Waals surface area contributed by atoms with Crippen LogP contribution in [0.4, 0.5) is 5.95 Å². The third-order valence-electron chi connectivity index (χ3n) is 5.26. The number of allylic oxidation sites excluding steroid dienone is 3. The molecule has 0 amide bonds. The molecule has 0 saturated heterocycles. The Bertz CT molecular complexity index is 1260. The molecule has 0 aliphatic carbocycles. The van der Waals surface area contributed by atoms with Gasteiger partial charge in [-0.2, -0.15) is 0 Å². The lowest BCUT2D eigenvalue weighted by Gasteiger charge is -2.09. The second kappa shape index (κ2) is 13.3. The Morgan fingerprint density at radius 3 is 2.23 bits per heavy atom. The highest BCUT2D eigenvalue weighted by Crippen LogP contribution is 2.16. The van der Waals surface area contributed by atoms with Crippen molar-refractivity contribution in [1.29, 1.82) is 5.41 Å². The normalized spacial score (nSPS) is 11.6. The Hall–Kier alpha value is -4.39. The van der Waals surface area contributed by atoms with E-state index in [1.165, 1.54) is 11.6 Å². The Labute approximate surface area is 206 Å². The van der Waals surface area contributed by atoms with E-state index in [2.05, 4.69) is 39.4 Å². The van der Waals surface area contributed by atoms with Crippen LogP contribution in [0.1, 0.15) is 52.3 Å². The second-order valence-corrected chi connectivity index (χ2v) is 7.58. The molecule has 7 heteroatoms. The molecule has 180 valence electrons. The molecule has 0 fully saturated rings. The first-order valence-electron chi connectivity index (χ1n) is 11.1. The van der Waals surface area contributed by atoms with Gasteiger partial charge in [0.2, 0.25) is 5.95 Å². The summed E-state index contributed by atoms with van der Waals surface area (Å²) in [6.07, 6.45) is 7.08. The maximum absolute atomic E-state index is 11.2. The summed E-state index contributed by atoms with van der Waals surface area (Å²) in [5.41, 5.74) is 6.26. The maximum Gasteiger partial charge on any atom is 0.336 e. The van der Waals surface area contributed by atoms with Gasteiger partial charge >= 0.3 is 5.97 Å². The van der Waals surface area contributed by atoms with Crippen molar-refractivity contribution in [3.63, 3.8) is 0 Å². The van der Waals surface area contributed by atoms with E-state index in [1.54, 1.807) is 18.2 Å². The van der Waals surface area contributed by atoms with Gasteiger partial charge in [0.05, 0.1) is 17.0 Å². The zero-order valence-corrected chi connectivity index (χ0v) is 20.7. The van der Waals surface area contributed by atoms with Gasteiger partial charge < -0.3 is 10.4 Å². The number of carboxylic acid groups (broad SMARTS) is 1. The highest BCUT2D eigenvalue weighted by Gasteiger charge is 2.15. The van der Waals surface area contributed by atoms with Crippen molar-refractivity contribution in [2.24, 2.45) is 4.99 Å². The quantitative estimate of drug-likeness (QED) is 0.225. The van der Waals surface area contributed by atoms with Gasteiger partial charge in [0, 0.05) is 23.9 Å². The van der Waals surface area contributed by atoms with Crippen molar-refractivity contribution in [1.82, 2.24) is 9.97 Å². The predicted octanol–water partition coefficient (Wildman–Crippen LogP) is 5.94. The number of aromatic carboxylic acids is 1. The molecule has 3 rings (SSSR count). The molecular formula is C28H31N5O2. The van der Waals surface area contributed by atoms with Crippen molar-refractivity contribution in [3.05, 3.63) is 106 Å². The summed E-state index contributed by atoms with van der Waals surface area (Å²) in [4.78, 5) is 24.0. The van der Waals surface area contributed by atoms with Crippen molar-refractivity contribution in [3.8, 4) is 0 Å². The highest BCUT2D eigenvalue weighted by atomic mass is 16.4. The summed E-state index contributed by atoms with van der Waals surface area (Å²) in [7, 11) is 1.83. The first-order valence-corrected chi connectivity index (χ1v) is 11.1. The van der Waals surface area contributed by atoms with Crippen LogP contribution in [0.25, 0.3) is 6.08 Å². The first kappa shape index (κ1) is 26.9. The molecule has 0 aliphatic heterocycles. The van der Waals surface area contributed by atoms with Crippen molar-refractivity contribution >= 4 is 30.0 Å². The molecule has 3 aromatic rings. The van der Waals surface area contributed by atoms with Gasteiger partial charge in [-0.1, -0.05) is 66.3 Å². The fourth-order valence-electron chi connectivity index (χ4n) is 3.07. The van der Waals surface area contributed by atoms with Gasteiger partial charge in [-0.05, 0) is 45.4 Å². The fraction of sp³-hybridized carbons (Fsp3) is 0.179. The van der Waals surface area contributed by atoms with Gasteiger partial charge in [-0.25, -0.2) is 19.8 Å². The van der Waals surface area contributed by atoms with Gasteiger partial charge in [0.15, 0.2) is 0 Å². The molecule has 7 nitrogen and oxygen atoms in total. The second-order valence-electron chi connectivity index (χ2n) is 7.58. The average Bonchev–Trinajstić information content (AvgIpc) is 2.88. The Morgan fingerprint density at radius 1 is 1.03 bits per heavy atom. The molecule has 0 bridgehead atoms. The summed E-state index contributed by atoms with van der Waals surface area (Å²) in [6, 6.07) is 15.9. The fourth-order valence-corrected chi connectivity index (χ4v) is 3.07. The summed E-state index contributed by atoms with van der Waals surface area (Å²) in [6.45, 7) is 8.13.